The van der Waals surface area contributed by atoms with Crippen molar-refractivity contribution in [1.82, 2.24) is 14.9 Å². The van der Waals surface area contributed by atoms with Crippen molar-refractivity contribution in [3.63, 3.8) is 0 Å². The van der Waals surface area contributed by atoms with E-state index < -0.39 is 0 Å². The topological polar surface area (TPSA) is 29.0 Å². The second-order valence-electron chi connectivity index (χ2n) is 4.07. The van der Waals surface area contributed by atoms with Crippen molar-refractivity contribution in [3.8, 4) is 0 Å². The van der Waals surface area contributed by atoms with Crippen LogP contribution >= 0.6 is 35.0 Å². The largest absolute Gasteiger partial charge is 0.295 e. The van der Waals surface area contributed by atoms with Gasteiger partial charge in [-0.3, -0.25) is 4.90 Å². The quantitative estimate of drug-likeness (QED) is 0.783. The molecule has 1 unspecified atom stereocenters. The molecule has 3 nitrogen and oxygen atoms in total. The fourth-order valence-electron chi connectivity index (χ4n) is 1.85. The average Bonchev–Trinajstić information content (AvgIpc) is 2.29. The summed E-state index contributed by atoms with van der Waals surface area (Å²) >= 11 is 14.2. The standard InChI is InChI=1S/C11H15Cl2N3S/c1-3-7-9(12)14-11(15-10(7)13)8-6-17-5-4-16(8)2/h8H,3-6H2,1-2H3. The Labute approximate surface area is 116 Å². The molecule has 0 saturated carbocycles. The van der Waals surface area contributed by atoms with Crippen LogP contribution in [0.5, 0.6) is 0 Å². The Bertz CT molecular complexity index is 391. The summed E-state index contributed by atoms with van der Waals surface area (Å²) in [5.41, 5.74) is 0.836. The Kier molecular flexibility index (Phi) is 4.53. The normalized spacial score (nSPS) is 21.8. The van der Waals surface area contributed by atoms with Crippen molar-refractivity contribution in [1.29, 1.82) is 0 Å². The van der Waals surface area contributed by atoms with Gasteiger partial charge in [0.1, 0.15) is 16.1 Å². The third-order valence-corrected chi connectivity index (χ3v) is 4.62. The maximum atomic E-state index is 6.14. The first-order valence-electron chi connectivity index (χ1n) is 5.63. The van der Waals surface area contributed by atoms with Gasteiger partial charge in [-0.15, -0.1) is 0 Å². The number of hydrogen-bond acceptors (Lipinski definition) is 4. The lowest BCUT2D eigenvalue weighted by molar-refractivity contribution is 0.264. The number of aromatic nitrogens is 2. The third kappa shape index (κ3) is 2.87. The summed E-state index contributed by atoms with van der Waals surface area (Å²) in [4.78, 5) is 11.0. The van der Waals surface area contributed by atoms with E-state index in [4.69, 9.17) is 23.2 Å². The summed E-state index contributed by atoms with van der Waals surface area (Å²) in [6.07, 6.45) is 0.757. The van der Waals surface area contributed by atoms with Crippen LogP contribution in [-0.4, -0.2) is 40.0 Å². The number of nitrogens with zero attached hydrogens (tertiary/aromatic N) is 3. The summed E-state index contributed by atoms with van der Waals surface area (Å²) in [6.45, 7) is 3.04. The van der Waals surface area contributed by atoms with Crippen LogP contribution in [0, 0.1) is 0 Å². The summed E-state index contributed by atoms with van der Waals surface area (Å²) in [5.74, 6) is 2.89. The number of hydrogen-bond donors (Lipinski definition) is 0. The molecule has 1 fully saturated rings. The van der Waals surface area contributed by atoms with Crippen molar-refractivity contribution >= 4 is 35.0 Å². The Balaban J connectivity index is 2.32. The highest BCUT2D eigenvalue weighted by atomic mass is 35.5. The molecule has 1 aromatic heterocycles. The molecule has 2 rings (SSSR count). The minimum Gasteiger partial charge on any atom is -0.295 e. The molecular weight excluding hydrogens is 277 g/mol. The lowest BCUT2D eigenvalue weighted by atomic mass is 10.2. The van der Waals surface area contributed by atoms with Crippen molar-refractivity contribution < 1.29 is 0 Å². The SMILES string of the molecule is CCc1c(Cl)nc(C2CSCCN2C)nc1Cl. The molecular formula is C11H15Cl2N3S. The van der Waals surface area contributed by atoms with E-state index in [-0.39, 0.29) is 6.04 Å². The van der Waals surface area contributed by atoms with Crippen LogP contribution in [0.15, 0.2) is 0 Å². The van der Waals surface area contributed by atoms with Gasteiger partial charge in [0.15, 0.2) is 0 Å². The van der Waals surface area contributed by atoms with Gasteiger partial charge in [-0.1, -0.05) is 30.1 Å². The lowest BCUT2D eigenvalue weighted by Gasteiger charge is -2.31. The van der Waals surface area contributed by atoms with Crippen LogP contribution in [0.25, 0.3) is 0 Å². The first kappa shape index (κ1) is 13.4. The number of halogens is 2. The van der Waals surface area contributed by atoms with Gasteiger partial charge in [-0.2, -0.15) is 11.8 Å². The fraction of sp³-hybridized carbons (Fsp3) is 0.636. The van der Waals surface area contributed by atoms with E-state index in [0.717, 1.165) is 35.9 Å². The molecule has 1 aliphatic heterocycles. The molecule has 1 saturated heterocycles. The van der Waals surface area contributed by atoms with Crippen molar-refractivity contribution in [2.24, 2.45) is 0 Å². The molecule has 0 amide bonds. The van der Waals surface area contributed by atoms with E-state index in [9.17, 15) is 0 Å². The molecule has 0 spiro atoms. The molecule has 0 N–H and O–H groups in total. The van der Waals surface area contributed by atoms with Crippen molar-refractivity contribution in [2.45, 2.75) is 19.4 Å². The van der Waals surface area contributed by atoms with Gasteiger partial charge >= 0.3 is 0 Å². The van der Waals surface area contributed by atoms with Gasteiger partial charge in [0, 0.05) is 23.6 Å². The second kappa shape index (κ2) is 5.74. The fourth-order valence-corrected chi connectivity index (χ4v) is 3.72. The lowest BCUT2D eigenvalue weighted by Crippen LogP contribution is -2.34. The van der Waals surface area contributed by atoms with Crippen molar-refractivity contribution in [2.75, 3.05) is 25.1 Å². The highest BCUT2D eigenvalue weighted by Crippen LogP contribution is 2.29. The van der Waals surface area contributed by atoms with Crippen LogP contribution in [0.4, 0.5) is 0 Å². The van der Waals surface area contributed by atoms with Gasteiger partial charge in [0.25, 0.3) is 0 Å². The third-order valence-electron chi connectivity index (χ3n) is 2.97. The van der Waals surface area contributed by atoms with Crippen molar-refractivity contribution in [3.05, 3.63) is 21.7 Å². The molecule has 2 heterocycles. The maximum Gasteiger partial charge on any atom is 0.149 e. The van der Waals surface area contributed by atoms with E-state index in [1.165, 1.54) is 0 Å². The Morgan fingerprint density at radius 1 is 1.35 bits per heavy atom. The number of thioether (sulfide) groups is 1. The van der Waals surface area contributed by atoms with Gasteiger partial charge in [-0.25, -0.2) is 9.97 Å². The van der Waals surface area contributed by atoms with Gasteiger partial charge in [-0.05, 0) is 13.5 Å². The van der Waals surface area contributed by atoms with Crippen LogP contribution < -0.4 is 0 Å². The van der Waals surface area contributed by atoms with Crippen LogP contribution in [-0.2, 0) is 6.42 Å². The Hall–Kier alpha value is -0.0300. The van der Waals surface area contributed by atoms with E-state index in [1.54, 1.807) is 0 Å². The Morgan fingerprint density at radius 2 is 2.00 bits per heavy atom. The molecule has 0 bridgehead atoms. The molecule has 6 heteroatoms. The molecule has 0 aromatic carbocycles. The average molecular weight is 292 g/mol. The number of rotatable bonds is 2. The molecule has 0 radical (unpaired) electrons. The summed E-state index contributed by atoms with van der Waals surface area (Å²) in [5, 5.41) is 0.984. The first-order valence-corrected chi connectivity index (χ1v) is 7.54. The minimum atomic E-state index is 0.217. The zero-order valence-electron chi connectivity index (χ0n) is 9.91. The van der Waals surface area contributed by atoms with Gasteiger partial charge in [0.2, 0.25) is 0 Å². The molecule has 17 heavy (non-hydrogen) atoms. The molecule has 0 aliphatic carbocycles. The predicted molar refractivity (Wildman–Crippen MR) is 74.1 cm³/mol. The smallest absolute Gasteiger partial charge is 0.149 e. The van der Waals surface area contributed by atoms with E-state index in [1.807, 2.05) is 18.7 Å². The zero-order valence-corrected chi connectivity index (χ0v) is 12.2. The summed E-state index contributed by atoms with van der Waals surface area (Å²) in [6, 6.07) is 0.217. The van der Waals surface area contributed by atoms with Crippen LogP contribution in [0.3, 0.4) is 0 Å². The minimum absolute atomic E-state index is 0.217. The first-order chi connectivity index (χ1) is 8.13. The molecule has 94 valence electrons. The monoisotopic (exact) mass is 291 g/mol. The maximum absolute atomic E-state index is 6.14. The molecule has 1 atom stereocenters. The highest BCUT2D eigenvalue weighted by Gasteiger charge is 2.25. The van der Waals surface area contributed by atoms with Crippen LogP contribution in [0.1, 0.15) is 24.4 Å². The van der Waals surface area contributed by atoms with E-state index in [2.05, 4.69) is 21.9 Å². The molecule has 1 aliphatic rings. The predicted octanol–water partition coefficient (Wildman–Crippen LogP) is 3.07. The molecule has 1 aromatic rings. The summed E-state index contributed by atoms with van der Waals surface area (Å²) < 4.78 is 0. The van der Waals surface area contributed by atoms with E-state index >= 15 is 0 Å². The zero-order chi connectivity index (χ0) is 12.4. The Morgan fingerprint density at radius 3 is 2.53 bits per heavy atom. The van der Waals surface area contributed by atoms with Crippen LogP contribution in [0.2, 0.25) is 10.3 Å². The van der Waals surface area contributed by atoms with E-state index in [0.29, 0.717) is 10.3 Å². The summed E-state index contributed by atoms with van der Waals surface area (Å²) in [7, 11) is 2.09. The van der Waals surface area contributed by atoms with Gasteiger partial charge < -0.3 is 0 Å². The second-order valence-corrected chi connectivity index (χ2v) is 5.93. The van der Waals surface area contributed by atoms with Gasteiger partial charge in [0.05, 0.1) is 6.04 Å². The highest BCUT2D eigenvalue weighted by molar-refractivity contribution is 7.99.